The topological polar surface area (TPSA) is 20.2 Å². The van der Waals surface area contributed by atoms with Gasteiger partial charge in [-0.1, -0.05) is 61.0 Å². The van der Waals surface area contributed by atoms with Crippen molar-refractivity contribution in [2.75, 3.05) is 0 Å². The molecule has 0 saturated heterocycles. The Bertz CT molecular complexity index is 602. The standard InChI is InChI=1S/C20H28O.C3H8.C2H6.C2H4/c1-19(2)10-9-18-17-6-4-13-12-14(21)5-7-15(13)16(17)8-11-20(18,19)3;1-3-2;2*1-2/h5,7,12,16-18,21H,4,6,8-11H2,1-3H3;3H2,1-2H3;1-2H3;1-2H2. The van der Waals surface area contributed by atoms with Crippen molar-refractivity contribution in [1.82, 2.24) is 0 Å². The second-order valence-corrected chi connectivity index (χ2v) is 9.38. The fourth-order valence-corrected chi connectivity index (χ4v) is 6.06. The Balaban J connectivity index is 0.000000502. The van der Waals surface area contributed by atoms with Crippen molar-refractivity contribution >= 4 is 0 Å². The molecule has 0 aromatic heterocycles. The van der Waals surface area contributed by atoms with Crippen molar-refractivity contribution in [3.63, 3.8) is 0 Å². The Hall–Kier alpha value is -1.24. The molecule has 4 atom stereocenters. The lowest BCUT2D eigenvalue weighted by atomic mass is 9.51. The van der Waals surface area contributed by atoms with Crippen LogP contribution in [-0.2, 0) is 6.42 Å². The summed E-state index contributed by atoms with van der Waals surface area (Å²) in [6.07, 6.45) is 9.30. The minimum atomic E-state index is 0.440. The summed E-state index contributed by atoms with van der Waals surface area (Å²) < 4.78 is 0. The second-order valence-electron chi connectivity index (χ2n) is 9.38. The van der Waals surface area contributed by atoms with Gasteiger partial charge in [0.05, 0.1) is 0 Å². The highest BCUT2D eigenvalue weighted by atomic mass is 16.3. The van der Waals surface area contributed by atoms with E-state index in [0.717, 1.165) is 24.2 Å². The predicted octanol–water partition coefficient (Wildman–Crippen LogP) is 8.52. The van der Waals surface area contributed by atoms with E-state index in [4.69, 9.17) is 0 Å². The average molecular weight is 387 g/mol. The molecule has 2 fully saturated rings. The summed E-state index contributed by atoms with van der Waals surface area (Å²) in [7, 11) is 0. The molecule has 28 heavy (non-hydrogen) atoms. The molecule has 1 N–H and O–H groups in total. The largest absolute Gasteiger partial charge is 0.508 e. The van der Waals surface area contributed by atoms with Gasteiger partial charge in [0.15, 0.2) is 0 Å². The zero-order valence-corrected chi connectivity index (χ0v) is 19.8. The lowest BCUT2D eigenvalue weighted by molar-refractivity contribution is -0.00854. The maximum atomic E-state index is 9.74. The Morgan fingerprint density at radius 1 is 1.00 bits per heavy atom. The van der Waals surface area contributed by atoms with Crippen molar-refractivity contribution in [1.29, 1.82) is 0 Å². The number of aryl methyl sites for hydroxylation is 1. The number of aromatic hydroxyl groups is 1. The molecule has 0 heterocycles. The molecule has 4 rings (SSSR count). The molecule has 1 heteroatoms. The van der Waals surface area contributed by atoms with E-state index in [1.54, 1.807) is 5.56 Å². The van der Waals surface area contributed by atoms with Crippen LogP contribution in [0.2, 0.25) is 0 Å². The molecule has 3 aliphatic carbocycles. The number of benzene rings is 1. The fraction of sp³-hybridized carbons (Fsp3) is 0.704. The van der Waals surface area contributed by atoms with Crippen LogP contribution in [0.15, 0.2) is 31.4 Å². The third kappa shape index (κ3) is 4.50. The van der Waals surface area contributed by atoms with Gasteiger partial charge in [0, 0.05) is 0 Å². The van der Waals surface area contributed by atoms with Crippen LogP contribution < -0.4 is 0 Å². The highest BCUT2D eigenvalue weighted by Gasteiger charge is 2.57. The molecule has 0 radical (unpaired) electrons. The Labute approximate surface area is 175 Å². The number of hydrogen-bond donors (Lipinski definition) is 1. The summed E-state index contributed by atoms with van der Waals surface area (Å²) in [6.45, 7) is 21.8. The highest BCUT2D eigenvalue weighted by Crippen LogP contribution is 2.67. The Kier molecular flexibility index (Phi) is 9.31. The normalized spacial score (nSPS) is 31.2. The lowest BCUT2D eigenvalue weighted by Crippen LogP contribution is -2.45. The zero-order chi connectivity index (χ0) is 21.5. The van der Waals surface area contributed by atoms with E-state index in [-0.39, 0.29) is 0 Å². The first-order chi connectivity index (χ1) is 13.3. The highest BCUT2D eigenvalue weighted by molar-refractivity contribution is 5.40. The average Bonchev–Trinajstić information content (AvgIpc) is 2.94. The van der Waals surface area contributed by atoms with Gasteiger partial charge in [0.2, 0.25) is 0 Å². The van der Waals surface area contributed by atoms with Crippen LogP contribution in [-0.4, -0.2) is 5.11 Å². The smallest absolute Gasteiger partial charge is 0.115 e. The van der Waals surface area contributed by atoms with Gasteiger partial charge < -0.3 is 5.11 Å². The number of phenols is 1. The van der Waals surface area contributed by atoms with Crippen molar-refractivity contribution in [2.24, 2.45) is 22.7 Å². The second kappa shape index (κ2) is 10.5. The predicted molar refractivity (Wildman–Crippen MR) is 125 cm³/mol. The van der Waals surface area contributed by atoms with Crippen molar-refractivity contribution in [2.45, 2.75) is 99.3 Å². The van der Waals surface area contributed by atoms with Crippen molar-refractivity contribution in [3.8, 4) is 5.75 Å². The van der Waals surface area contributed by atoms with E-state index in [0.29, 0.717) is 16.6 Å². The summed E-state index contributed by atoms with van der Waals surface area (Å²) in [5.41, 5.74) is 4.02. The van der Waals surface area contributed by atoms with Gasteiger partial charge in [-0.25, -0.2) is 0 Å². The monoisotopic (exact) mass is 386 g/mol. The van der Waals surface area contributed by atoms with Crippen LogP contribution >= 0.6 is 0 Å². The van der Waals surface area contributed by atoms with Gasteiger partial charge in [0.1, 0.15) is 5.75 Å². The zero-order valence-electron chi connectivity index (χ0n) is 19.8. The van der Waals surface area contributed by atoms with E-state index in [1.807, 2.05) is 26.0 Å². The van der Waals surface area contributed by atoms with Crippen LogP contribution in [0.3, 0.4) is 0 Å². The molecule has 160 valence electrons. The van der Waals surface area contributed by atoms with Gasteiger partial charge in [0.25, 0.3) is 0 Å². The molecular weight excluding hydrogens is 340 g/mol. The van der Waals surface area contributed by atoms with E-state index in [2.05, 4.69) is 53.8 Å². The van der Waals surface area contributed by atoms with E-state index in [9.17, 15) is 5.11 Å². The van der Waals surface area contributed by atoms with E-state index >= 15 is 0 Å². The first kappa shape index (κ1) is 24.8. The molecule has 0 bridgehead atoms. The van der Waals surface area contributed by atoms with Crippen LogP contribution in [0.1, 0.15) is 104 Å². The molecular formula is C27H46O. The number of rotatable bonds is 0. The van der Waals surface area contributed by atoms with E-state index in [1.165, 1.54) is 44.1 Å². The van der Waals surface area contributed by atoms with Gasteiger partial charge in [-0.05, 0) is 90.4 Å². The quantitative estimate of drug-likeness (QED) is 0.443. The number of fused-ring (bicyclic) bond motifs is 5. The van der Waals surface area contributed by atoms with Crippen molar-refractivity contribution < 1.29 is 5.11 Å². The minimum Gasteiger partial charge on any atom is -0.508 e. The van der Waals surface area contributed by atoms with Gasteiger partial charge in [-0.15, -0.1) is 13.2 Å². The maximum Gasteiger partial charge on any atom is 0.115 e. The number of hydrogen-bond acceptors (Lipinski definition) is 1. The van der Waals surface area contributed by atoms with Gasteiger partial charge in [-0.3, -0.25) is 0 Å². The number of phenolic OH excluding ortho intramolecular Hbond substituents is 1. The summed E-state index contributed by atoms with van der Waals surface area (Å²) in [4.78, 5) is 0. The molecule has 1 aromatic rings. The molecule has 0 aliphatic heterocycles. The van der Waals surface area contributed by atoms with Crippen molar-refractivity contribution in [3.05, 3.63) is 42.5 Å². The molecule has 0 amide bonds. The third-order valence-electron chi connectivity index (χ3n) is 7.73. The Morgan fingerprint density at radius 2 is 1.61 bits per heavy atom. The first-order valence-electron chi connectivity index (χ1n) is 11.7. The van der Waals surface area contributed by atoms with Crippen LogP contribution in [0.25, 0.3) is 0 Å². The lowest BCUT2D eigenvalue weighted by Gasteiger charge is -2.53. The molecule has 1 nitrogen and oxygen atoms in total. The van der Waals surface area contributed by atoms with Crippen LogP contribution in [0, 0.1) is 22.7 Å². The summed E-state index contributed by atoms with van der Waals surface area (Å²) in [5.74, 6) is 2.98. The summed E-state index contributed by atoms with van der Waals surface area (Å²) in [6, 6.07) is 6.12. The summed E-state index contributed by atoms with van der Waals surface area (Å²) in [5, 5.41) is 9.74. The SMILES string of the molecule is C=C.CC.CC1(C)CCC2C3CCc4cc(O)ccc4C3CCC21C.CCC. The molecule has 2 saturated carbocycles. The fourth-order valence-electron chi connectivity index (χ4n) is 6.06. The maximum absolute atomic E-state index is 9.74. The summed E-state index contributed by atoms with van der Waals surface area (Å²) >= 11 is 0. The molecule has 0 spiro atoms. The first-order valence-corrected chi connectivity index (χ1v) is 11.7. The van der Waals surface area contributed by atoms with Crippen LogP contribution in [0.4, 0.5) is 0 Å². The minimum absolute atomic E-state index is 0.440. The molecule has 4 unspecified atom stereocenters. The molecule has 3 aliphatic rings. The van der Waals surface area contributed by atoms with Gasteiger partial charge in [-0.2, -0.15) is 0 Å². The van der Waals surface area contributed by atoms with Gasteiger partial charge >= 0.3 is 0 Å². The third-order valence-corrected chi connectivity index (χ3v) is 7.73. The van der Waals surface area contributed by atoms with Crippen LogP contribution in [0.5, 0.6) is 5.75 Å². The van der Waals surface area contributed by atoms with E-state index < -0.39 is 0 Å². The Morgan fingerprint density at radius 3 is 2.21 bits per heavy atom. The molecule has 1 aromatic carbocycles.